The summed E-state index contributed by atoms with van der Waals surface area (Å²) in [6.45, 7) is 8.21. The fourth-order valence-corrected chi connectivity index (χ4v) is 3.23. The van der Waals surface area contributed by atoms with E-state index in [1.165, 1.54) is 31.4 Å². The first kappa shape index (κ1) is 14.4. The molecule has 2 rings (SSSR count). The van der Waals surface area contributed by atoms with E-state index in [0.29, 0.717) is 17.8 Å². The molecule has 0 saturated carbocycles. The molecule has 1 aromatic carbocycles. The van der Waals surface area contributed by atoms with Crippen LogP contribution >= 0.6 is 0 Å². The van der Waals surface area contributed by atoms with Crippen LogP contribution in [-0.4, -0.2) is 28.6 Å². The van der Waals surface area contributed by atoms with Crippen LogP contribution in [0.2, 0.25) is 0 Å². The van der Waals surface area contributed by atoms with Crippen molar-refractivity contribution in [2.24, 2.45) is 5.92 Å². The van der Waals surface area contributed by atoms with Crippen molar-refractivity contribution in [1.29, 1.82) is 0 Å². The third-order valence-electron chi connectivity index (χ3n) is 4.32. The third-order valence-corrected chi connectivity index (χ3v) is 4.32. The molecule has 1 heterocycles. The SMILES string of the molecule is CC1CCC(CCc2cccc(O)c2)N(C(C)C)C1. The fraction of sp³-hybridized carbons (Fsp3) is 0.647. The maximum absolute atomic E-state index is 9.51. The Labute approximate surface area is 117 Å². The van der Waals surface area contributed by atoms with Gasteiger partial charge in [0.2, 0.25) is 0 Å². The lowest BCUT2D eigenvalue weighted by Gasteiger charge is -2.41. The minimum absolute atomic E-state index is 0.385. The van der Waals surface area contributed by atoms with Crippen LogP contribution in [0.1, 0.15) is 45.6 Å². The van der Waals surface area contributed by atoms with Gasteiger partial charge in [-0.05, 0) is 63.1 Å². The Morgan fingerprint density at radius 3 is 2.79 bits per heavy atom. The highest BCUT2D eigenvalue weighted by molar-refractivity contribution is 5.27. The molecule has 0 spiro atoms. The van der Waals surface area contributed by atoms with Crippen LogP contribution in [0, 0.1) is 5.92 Å². The van der Waals surface area contributed by atoms with Gasteiger partial charge in [0.05, 0.1) is 0 Å². The molecule has 1 aliphatic rings. The zero-order chi connectivity index (χ0) is 13.8. The number of nitrogens with zero attached hydrogens (tertiary/aromatic N) is 1. The van der Waals surface area contributed by atoms with E-state index in [1.54, 1.807) is 6.07 Å². The molecule has 1 fully saturated rings. The van der Waals surface area contributed by atoms with Crippen LogP contribution in [0.5, 0.6) is 5.75 Å². The topological polar surface area (TPSA) is 23.5 Å². The van der Waals surface area contributed by atoms with E-state index in [-0.39, 0.29) is 0 Å². The summed E-state index contributed by atoms with van der Waals surface area (Å²) in [4.78, 5) is 2.66. The largest absolute Gasteiger partial charge is 0.508 e. The molecule has 2 unspecified atom stereocenters. The van der Waals surface area contributed by atoms with E-state index < -0.39 is 0 Å². The normalized spacial score (nSPS) is 24.8. The first-order chi connectivity index (χ1) is 9.06. The summed E-state index contributed by atoms with van der Waals surface area (Å²) in [6, 6.07) is 9.03. The summed E-state index contributed by atoms with van der Waals surface area (Å²) in [5.41, 5.74) is 1.25. The fourth-order valence-electron chi connectivity index (χ4n) is 3.23. The highest BCUT2D eigenvalue weighted by atomic mass is 16.3. The Morgan fingerprint density at radius 1 is 1.32 bits per heavy atom. The molecule has 0 aliphatic carbocycles. The summed E-state index contributed by atoms with van der Waals surface area (Å²) in [5, 5.41) is 9.51. The maximum atomic E-state index is 9.51. The molecule has 106 valence electrons. The Hall–Kier alpha value is -1.02. The molecule has 19 heavy (non-hydrogen) atoms. The van der Waals surface area contributed by atoms with Gasteiger partial charge in [0.15, 0.2) is 0 Å². The van der Waals surface area contributed by atoms with Crippen molar-refractivity contribution in [3.05, 3.63) is 29.8 Å². The quantitative estimate of drug-likeness (QED) is 0.890. The molecule has 1 aliphatic heterocycles. The Balaban J connectivity index is 1.93. The lowest BCUT2D eigenvalue weighted by atomic mass is 9.89. The highest BCUT2D eigenvalue weighted by Gasteiger charge is 2.27. The second-order valence-electron chi connectivity index (χ2n) is 6.34. The molecule has 1 saturated heterocycles. The van der Waals surface area contributed by atoms with E-state index in [1.807, 2.05) is 12.1 Å². The number of likely N-dealkylation sites (tertiary alicyclic amines) is 1. The third kappa shape index (κ3) is 3.97. The van der Waals surface area contributed by atoms with E-state index in [9.17, 15) is 5.11 Å². The molecule has 1 aromatic rings. The van der Waals surface area contributed by atoms with Crippen LogP contribution in [0.3, 0.4) is 0 Å². The molecule has 1 N–H and O–H groups in total. The minimum Gasteiger partial charge on any atom is -0.508 e. The Kier molecular flexibility index (Phi) is 4.87. The number of benzene rings is 1. The Morgan fingerprint density at radius 2 is 2.11 bits per heavy atom. The highest BCUT2D eigenvalue weighted by Crippen LogP contribution is 2.27. The van der Waals surface area contributed by atoms with Gasteiger partial charge in [0.25, 0.3) is 0 Å². The predicted octanol–water partition coefficient (Wildman–Crippen LogP) is 3.83. The van der Waals surface area contributed by atoms with Gasteiger partial charge in [-0.15, -0.1) is 0 Å². The van der Waals surface area contributed by atoms with Gasteiger partial charge in [-0.2, -0.15) is 0 Å². The lowest BCUT2D eigenvalue weighted by molar-refractivity contribution is 0.0770. The number of aromatic hydroxyl groups is 1. The lowest BCUT2D eigenvalue weighted by Crippen LogP contribution is -2.46. The van der Waals surface area contributed by atoms with Crippen molar-refractivity contribution in [1.82, 2.24) is 4.90 Å². The van der Waals surface area contributed by atoms with Crippen LogP contribution in [0.15, 0.2) is 24.3 Å². The van der Waals surface area contributed by atoms with Gasteiger partial charge in [-0.3, -0.25) is 4.90 Å². The molecule has 2 heteroatoms. The van der Waals surface area contributed by atoms with Crippen molar-refractivity contribution in [2.75, 3.05) is 6.54 Å². The van der Waals surface area contributed by atoms with E-state index >= 15 is 0 Å². The van der Waals surface area contributed by atoms with Gasteiger partial charge in [-0.25, -0.2) is 0 Å². The van der Waals surface area contributed by atoms with E-state index in [0.717, 1.165) is 12.3 Å². The molecule has 2 nitrogen and oxygen atoms in total. The smallest absolute Gasteiger partial charge is 0.115 e. The van der Waals surface area contributed by atoms with Crippen molar-refractivity contribution >= 4 is 0 Å². The molecule has 0 radical (unpaired) electrons. The van der Waals surface area contributed by atoms with E-state index in [4.69, 9.17) is 0 Å². The standard InChI is InChI=1S/C17H27NO/c1-13(2)18-12-14(3)7-9-16(18)10-8-15-5-4-6-17(19)11-15/h4-6,11,13-14,16,19H,7-10,12H2,1-3H3. The number of piperidine rings is 1. The minimum atomic E-state index is 0.385. The van der Waals surface area contributed by atoms with Gasteiger partial charge in [-0.1, -0.05) is 19.1 Å². The van der Waals surface area contributed by atoms with Crippen LogP contribution in [0.25, 0.3) is 0 Å². The molecule has 0 aromatic heterocycles. The number of phenols is 1. The van der Waals surface area contributed by atoms with Crippen LogP contribution in [-0.2, 0) is 6.42 Å². The summed E-state index contributed by atoms with van der Waals surface area (Å²) in [7, 11) is 0. The average molecular weight is 261 g/mol. The molecule has 0 amide bonds. The van der Waals surface area contributed by atoms with Crippen molar-refractivity contribution in [3.63, 3.8) is 0 Å². The number of hydrogen-bond donors (Lipinski definition) is 1. The second kappa shape index (κ2) is 6.42. The average Bonchev–Trinajstić information content (AvgIpc) is 2.37. The molecular formula is C17H27NO. The first-order valence-corrected chi connectivity index (χ1v) is 7.60. The molecular weight excluding hydrogens is 234 g/mol. The zero-order valence-corrected chi connectivity index (χ0v) is 12.5. The number of phenolic OH excluding ortho intramolecular Hbond substituents is 1. The summed E-state index contributed by atoms with van der Waals surface area (Å²) in [6.07, 6.45) is 4.94. The zero-order valence-electron chi connectivity index (χ0n) is 12.5. The molecule has 2 atom stereocenters. The van der Waals surface area contributed by atoms with Crippen molar-refractivity contribution in [2.45, 2.75) is 58.5 Å². The van der Waals surface area contributed by atoms with Gasteiger partial charge in [0, 0.05) is 18.6 Å². The number of aryl methyl sites for hydroxylation is 1. The molecule has 0 bridgehead atoms. The Bertz CT molecular complexity index is 402. The number of hydrogen-bond acceptors (Lipinski definition) is 2. The van der Waals surface area contributed by atoms with E-state index in [2.05, 4.69) is 31.7 Å². The second-order valence-corrected chi connectivity index (χ2v) is 6.34. The summed E-state index contributed by atoms with van der Waals surface area (Å²) < 4.78 is 0. The van der Waals surface area contributed by atoms with Crippen LogP contribution < -0.4 is 0 Å². The number of rotatable bonds is 4. The summed E-state index contributed by atoms with van der Waals surface area (Å²) >= 11 is 0. The van der Waals surface area contributed by atoms with Crippen molar-refractivity contribution < 1.29 is 5.11 Å². The maximum Gasteiger partial charge on any atom is 0.115 e. The predicted molar refractivity (Wildman–Crippen MR) is 80.5 cm³/mol. The first-order valence-electron chi connectivity index (χ1n) is 7.60. The summed E-state index contributed by atoms with van der Waals surface area (Å²) in [5.74, 6) is 1.22. The van der Waals surface area contributed by atoms with Gasteiger partial charge in [0.1, 0.15) is 5.75 Å². The monoisotopic (exact) mass is 261 g/mol. The van der Waals surface area contributed by atoms with Crippen LogP contribution in [0.4, 0.5) is 0 Å². The van der Waals surface area contributed by atoms with Gasteiger partial charge < -0.3 is 5.11 Å². The van der Waals surface area contributed by atoms with Gasteiger partial charge >= 0.3 is 0 Å². The van der Waals surface area contributed by atoms with Crippen molar-refractivity contribution in [3.8, 4) is 5.75 Å².